The van der Waals surface area contributed by atoms with Gasteiger partial charge in [-0.2, -0.15) is 0 Å². The summed E-state index contributed by atoms with van der Waals surface area (Å²) in [7, 11) is 0. The fourth-order valence-corrected chi connectivity index (χ4v) is 9.05. The standard InChI is InChI=1S/C36H58O6/c1-6-7-8-9-10-11-12-13-14-15-16-17-18-19-29(38)42-33-26(23-37)21-27-30-28(34(30,4)5)20-25(3)35(32(27)40)22-24(2)31(39)36(33,35)41/h21-22,25,27-28,30-31,33,37,39,41H,6-20,23H2,1-5H3/t25-,27+,28+,30-,31+,33-,35?,36-/m0/s1. The molecule has 0 radical (unpaired) electrons. The van der Waals surface area contributed by atoms with E-state index in [4.69, 9.17) is 4.74 Å². The zero-order valence-electron chi connectivity index (χ0n) is 27.0. The molecule has 2 bridgehead atoms. The molecular weight excluding hydrogens is 528 g/mol. The van der Waals surface area contributed by atoms with Crippen LogP contribution in [0.3, 0.4) is 0 Å². The van der Waals surface area contributed by atoms with Crippen LogP contribution in [0.25, 0.3) is 0 Å². The highest BCUT2D eigenvalue weighted by atomic mass is 16.6. The molecule has 0 aliphatic heterocycles. The Balaban J connectivity index is 1.35. The van der Waals surface area contributed by atoms with E-state index in [9.17, 15) is 24.9 Å². The molecule has 2 fully saturated rings. The van der Waals surface area contributed by atoms with Crippen LogP contribution in [0.2, 0.25) is 0 Å². The summed E-state index contributed by atoms with van der Waals surface area (Å²) in [5.74, 6) is -0.904. The Morgan fingerprint density at radius 3 is 2.07 bits per heavy atom. The van der Waals surface area contributed by atoms with E-state index in [1.165, 1.54) is 64.2 Å². The summed E-state index contributed by atoms with van der Waals surface area (Å²) in [6.45, 7) is 9.88. The molecule has 6 nitrogen and oxygen atoms in total. The smallest absolute Gasteiger partial charge is 0.306 e. The lowest BCUT2D eigenvalue weighted by molar-refractivity contribution is -0.204. The molecule has 0 amide bonds. The fraction of sp³-hybridized carbons (Fsp3) is 0.833. The van der Waals surface area contributed by atoms with Crippen molar-refractivity contribution in [2.75, 3.05) is 6.61 Å². The summed E-state index contributed by atoms with van der Waals surface area (Å²) in [5.41, 5.74) is -2.61. The van der Waals surface area contributed by atoms with E-state index in [0.717, 1.165) is 19.3 Å². The van der Waals surface area contributed by atoms with Gasteiger partial charge >= 0.3 is 5.97 Å². The van der Waals surface area contributed by atoms with Gasteiger partial charge in [0.15, 0.2) is 17.5 Å². The number of hydrogen-bond donors (Lipinski definition) is 3. The third kappa shape index (κ3) is 5.94. The number of carbonyl (C=O) groups excluding carboxylic acids is 2. The Morgan fingerprint density at radius 1 is 0.976 bits per heavy atom. The van der Waals surface area contributed by atoms with E-state index in [0.29, 0.717) is 23.5 Å². The number of unbranched alkanes of at least 4 members (excludes halogenated alkanes) is 12. The quantitative estimate of drug-likeness (QED) is 0.104. The monoisotopic (exact) mass is 586 g/mol. The Kier molecular flexibility index (Phi) is 10.9. The van der Waals surface area contributed by atoms with Gasteiger partial charge in [0.05, 0.1) is 12.0 Å². The minimum atomic E-state index is -2.05. The predicted octanol–water partition coefficient (Wildman–Crippen LogP) is 6.85. The summed E-state index contributed by atoms with van der Waals surface area (Å²) in [6.07, 6.45) is 17.6. The predicted molar refractivity (Wildman–Crippen MR) is 166 cm³/mol. The van der Waals surface area contributed by atoms with E-state index >= 15 is 0 Å². The zero-order valence-corrected chi connectivity index (χ0v) is 27.0. The van der Waals surface area contributed by atoms with Crippen LogP contribution in [-0.2, 0) is 14.3 Å². The number of aliphatic hydroxyl groups is 3. The number of rotatable bonds is 16. The van der Waals surface area contributed by atoms with Gasteiger partial charge in [-0.05, 0) is 54.1 Å². The van der Waals surface area contributed by atoms with Crippen molar-refractivity contribution < 1.29 is 29.6 Å². The molecule has 4 aliphatic carbocycles. The third-order valence-corrected chi connectivity index (χ3v) is 11.6. The average Bonchev–Trinajstić information content (AvgIpc) is 3.46. The van der Waals surface area contributed by atoms with Crippen molar-refractivity contribution in [2.45, 2.75) is 149 Å². The van der Waals surface area contributed by atoms with Gasteiger partial charge in [-0.3, -0.25) is 9.59 Å². The lowest BCUT2D eigenvalue weighted by Crippen LogP contribution is -2.66. The number of esters is 1. The molecule has 0 aromatic carbocycles. The average molecular weight is 587 g/mol. The third-order valence-electron chi connectivity index (χ3n) is 11.6. The molecule has 8 atom stereocenters. The van der Waals surface area contributed by atoms with Gasteiger partial charge in [-0.25, -0.2) is 0 Å². The van der Waals surface area contributed by atoms with Gasteiger partial charge in [0.25, 0.3) is 0 Å². The van der Waals surface area contributed by atoms with Crippen molar-refractivity contribution in [1.82, 2.24) is 0 Å². The highest BCUT2D eigenvalue weighted by Gasteiger charge is 2.76. The van der Waals surface area contributed by atoms with Crippen LogP contribution >= 0.6 is 0 Å². The number of Topliss-reactive ketones (excluding diaryl/α,β-unsaturated/α-hetero) is 1. The van der Waals surface area contributed by atoms with Crippen molar-refractivity contribution in [1.29, 1.82) is 0 Å². The summed E-state index contributed by atoms with van der Waals surface area (Å²) < 4.78 is 6.00. The zero-order chi connectivity index (χ0) is 30.7. The van der Waals surface area contributed by atoms with Crippen molar-refractivity contribution >= 4 is 11.8 Å². The Morgan fingerprint density at radius 2 is 1.52 bits per heavy atom. The van der Waals surface area contributed by atoms with E-state index < -0.39 is 41.7 Å². The van der Waals surface area contributed by atoms with Crippen LogP contribution in [0.5, 0.6) is 0 Å². The molecule has 3 N–H and O–H groups in total. The second kappa shape index (κ2) is 13.6. The first-order valence-electron chi connectivity index (χ1n) is 17.1. The first-order valence-corrected chi connectivity index (χ1v) is 17.1. The molecule has 0 aromatic rings. The Hall–Kier alpha value is -1.50. The number of carbonyl (C=O) groups is 2. The second-order valence-electron chi connectivity index (χ2n) is 14.7. The largest absolute Gasteiger partial charge is 0.454 e. The van der Waals surface area contributed by atoms with Crippen molar-refractivity contribution in [2.24, 2.45) is 34.5 Å². The van der Waals surface area contributed by atoms with Crippen LogP contribution in [0, 0.1) is 34.5 Å². The molecule has 1 spiro atoms. The molecule has 0 heterocycles. The fourth-order valence-electron chi connectivity index (χ4n) is 9.05. The van der Waals surface area contributed by atoms with Gasteiger partial charge in [0, 0.05) is 12.3 Å². The normalized spacial score (nSPS) is 36.3. The molecule has 4 aliphatic rings. The van der Waals surface area contributed by atoms with E-state index in [-0.39, 0.29) is 29.5 Å². The second-order valence-corrected chi connectivity index (χ2v) is 14.7. The van der Waals surface area contributed by atoms with Crippen LogP contribution in [-0.4, -0.2) is 51.5 Å². The van der Waals surface area contributed by atoms with Crippen LogP contribution in [0.1, 0.15) is 131 Å². The van der Waals surface area contributed by atoms with Crippen molar-refractivity contribution in [3.63, 3.8) is 0 Å². The Labute approximate surface area is 254 Å². The minimum absolute atomic E-state index is 0.0217. The lowest BCUT2D eigenvalue weighted by atomic mass is 9.59. The minimum Gasteiger partial charge on any atom is -0.454 e. The first kappa shape index (κ1) is 33.4. The summed E-state index contributed by atoms with van der Waals surface area (Å²) >= 11 is 0. The number of fused-ring (bicyclic) bond motifs is 3. The van der Waals surface area contributed by atoms with Gasteiger partial charge < -0.3 is 20.1 Å². The number of aliphatic hydroxyl groups excluding tert-OH is 2. The molecule has 238 valence electrons. The van der Waals surface area contributed by atoms with Crippen LogP contribution in [0.4, 0.5) is 0 Å². The van der Waals surface area contributed by atoms with Gasteiger partial charge in [0.1, 0.15) is 6.10 Å². The summed E-state index contributed by atoms with van der Waals surface area (Å²) in [4.78, 5) is 27.6. The summed E-state index contributed by atoms with van der Waals surface area (Å²) in [5, 5.41) is 34.4. The number of hydrogen-bond acceptors (Lipinski definition) is 6. The SMILES string of the molecule is CCCCCCCCCCCCCCCC(=O)O[C@H]1C(CO)=C[C@H]2C(=O)C3(C=C(C)[C@@H](O)[C@]13O)[C@@H](C)C[C@@H]1[C@H]2C1(C)C. The van der Waals surface area contributed by atoms with E-state index in [1.807, 2.05) is 6.92 Å². The maximum Gasteiger partial charge on any atom is 0.306 e. The topological polar surface area (TPSA) is 104 Å². The van der Waals surface area contributed by atoms with E-state index in [1.54, 1.807) is 19.1 Å². The van der Waals surface area contributed by atoms with Gasteiger partial charge in [0.2, 0.25) is 0 Å². The lowest BCUT2D eigenvalue weighted by Gasteiger charge is -2.49. The maximum absolute atomic E-state index is 14.4. The number of ketones is 1. The van der Waals surface area contributed by atoms with Crippen molar-refractivity contribution in [3.8, 4) is 0 Å². The van der Waals surface area contributed by atoms with Crippen LogP contribution in [0.15, 0.2) is 23.3 Å². The van der Waals surface area contributed by atoms with E-state index in [2.05, 4.69) is 20.8 Å². The molecule has 1 unspecified atom stereocenters. The van der Waals surface area contributed by atoms with Crippen molar-refractivity contribution in [3.05, 3.63) is 23.3 Å². The molecule has 0 aromatic heterocycles. The highest BCUT2D eigenvalue weighted by molar-refractivity contribution is 5.95. The molecule has 6 heteroatoms. The molecule has 2 saturated carbocycles. The number of allylic oxidation sites excluding steroid dienone is 1. The molecule has 42 heavy (non-hydrogen) atoms. The van der Waals surface area contributed by atoms with Gasteiger partial charge in [-0.15, -0.1) is 0 Å². The van der Waals surface area contributed by atoms with Crippen LogP contribution < -0.4 is 0 Å². The molecule has 4 rings (SSSR count). The molecule has 0 saturated heterocycles. The maximum atomic E-state index is 14.4. The highest BCUT2D eigenvalue weighted by Crippen LogP contribution is 2.71. The number of ether oxygens (including phenoxy) is 1. The summed E-state index contributed by atoms with van der Waals surface area (Å²) in [6, 6.07) is 0. The molecular formula is C36H58O6. The van der Waals surface area contributed by atoms with Gasteiger partial charge in [-0.1, -0.05) is 117 Å². The Bertz CT molecular complexity index is 1030. The first-order chi connectivity index (χ1) is 20.0.